The third kappa shape index (κ3) is 4.68. The van der Waals surface area contributed by atoms with Crippen LogP contribution in [0.1, 0.15) is 29.5 Å². The molecule has 0 N–H and O–H groups in total. The summed E-state index contributed by atoms with van der Waals surface area (Å²) in [7, 11) is 4.13. The van der Waals surface area contributed by atoms with E-state index in [1.165, 1.54) is 11.1 Å². The van der Waals surface area contributed by atoms with Gasteiger partial charge in [-0.05, 0) is 58.0 Å². The van der Waals surface area contributed by atoms with E-state index in [0.29, 0.717) is 0 Å². The van der Waals surface area contributed by atoms with Crippen LogP contribution < -0.4 is 0 Å². The van der Waals surface area contributed by atoms with E-state index in [0.717, 1.165) is 31.4 Å². The van der Waals surface area contributed by atoms with Crippen LogP contribution in [0.4, 0.5) is 0 Å². The molecule has 1 unspecified atom stereocenters. The molecule has 0 aliphatic rings. The van der Waals surface area contributed by atoms with Crippen LogP contribution in [-0.2, 0) is 11.8 Å². The normalized spacial score (nSPS) is 13.5. The zero-order chi connectivity index (χ0) is 16.7. The van der Waals surface area contributed by atoms with Gasteiger partial charge in [0.15, 0.2) is 0 Å². The maximum absolute atomic E-state index is 10.0. The second-order valence-electron chi connectivity index (χ2n) is 6.60. The number of nitrogens with zero attached hydrogens (tertiary/aromatic N) is 2. The zero-order valence-electron chi connectivity index (χ0n) is 14.4. The lowest BCUT2D eigenvalue weighted by Crippen LogP contribution is -2.30. The van der Waals surface area contributed by atoms with Gasteiger partial charge >= 0.3 is 0 Å². The summed E-state index contributed by atoms with van der Waals surface area (Å²) >= 11 is 0. The third-order valence-corrected chi connectivity index (χ3v) is 4.49. The Labute approximate surface area is 140 Å². The van der Waals surface area contributed by atoms with E-state index >= 15 is 0 Å². The first-order chi connectivity index (χ1) is 11.1. The molecule has 0 bridgehead atoms. The molecule has 0 spiro atoms. The van der Waals surface area contributed by atoms with Gasteiger partial charge in [0.2, 0.25) is 0 Å². The highest BCUT2D eigenvalue weighted by Crippen LogP contribution is 2.33. The van der Waals surface area contributed by atoms with Gasteiger partial charge in [-0.1, -0.05) is 60.2 Å². The maximum atomic E-state index is 10.0. The van der Waals surface area contributed by atoms with Crippen LogP contribution in [0.5, 0.6) is 0 Å². The fraction of sp³-hybridized carbons (Fsp3) is 0.381. The third-order valence-electron chi connectivity index (χ3n) is 4.49. The molecule has 0 aromatic heterocycles. The first kappa shape index (κ1) is 17.2. The molecular weight excluding hydrogens is 280 g/mol. The first-order valence-electron chi connectivity index (χ1n) is 8.23. The van der Waals surface area contributed by atoms with Crippen molar-refractivity contribution in [1.29, 1.82) is 5.26 Å². The minimum absolute atomic E-state index is 0.423. The lowest BCUT2D eigenvalue weighted by atomic mass is 9.74. The Morgan fingerprint density at radius 3 is 2.17 bits per heavy atom. The van der Waals surface area contributed by atoms with E-state index in [4.69, 9.17) is 0 Å². The SMILES string of the molecule is Cc1ccc(C(C#N)(CCc2ccccc2)CCN(C)C)cc1. The van der Waals surface area contributed by atoms with Crippen LogP contribution in [0.3, 0.4) is 0 Å². The molecule has 0 heterocycles. The lowest BCUT2D eigenvalue weighted by Gasteiger charge is -2.29. The van der Waals surface area contributed by atoms with Crippen molar-refractivity contribution in [2.24, 2.45) is 0 Å². The summed E-state index contributed by atoms with van der Waals surface area (Å²) in [4.78, 5) is 2.16. The van der Waals surface area contributed by atoms with E-state index < -0.39 is 5.41 Å². The van der Waals surface area contributed by atoms with E-state index in [1.807, 2.05) is 6.07 Å². The molecule has 0 saturated carbocycles. The number of hydrogen-bond acceptors (Lipinski definition) is 2. The topological polar surface area (TPSA) is 27.0 Å². The van der Waals surface area contributed by atoms with Crippen molar-refractivity contribution < 1.29 is 0 Å². The first-order valence-corrected chi connectivity index (χ1v) is 8.23. The van der Waals surface area contributed by atoms with Crippen molar-refractivity contribution in [3.05, 3.63) is 71.3 Å². The molecule has 0 amide bonds. The van der Waals surface area contributed by atoms with Gasteiger partial charge in [0.05, 0.1) is 11.5 Å². The second-order valence-corrected chi connectivity index (χ2v) is 6.60. The van der Waals surface area contributed by atoms with Crippen molar-refractivity contribution in [2.45, 2.75) is 31.6 Å². The van der Waals surface area contributed by atoms with Crippen LogP contribution >= 0.6 is 0 Å². The van der Waals surface area contributed by atoms with E-state index in [2.05, 4.69) is 80.5 Å². The molecule has 2 rings (SSSR count). The van der Waals surface area contributed by atoms with Gasteiger partial charge in [0, 0.05) is 0 Å². The van der Waals surface area contributed by atoms with Gasteiger partial charge in [-0.25, -0.2) is 0 Å². The van der Waals surface area contributed by atoms with Gasteiger partial charge in [-0.2, -0.15) is 5.26 Å². The molecule has 23 heavy (non-hydrogen) atoms. The maximum Gasteiger partial charge on any atom is 0.0837 e. The van der Waals surface area contributed by atoms with Crippen LogP contribution in [0.2, 0.25) is 0 Å². The molecule has 1 atom stereocenters. The summed E-state index contributed by atoms with van der Waals surface area (Å²) < 4.78 is 0. The number of aryl methyl sites for hydroxylation is 2. The van der Waals surface area contributed by atoms with Gasteiger partial charge in [-0.15, -0.1) is 0 Å². The van der Waals surface area contributed by atoms with Gasteiger partial charge in [0.25, 0.3) is 0 Å². The van der Waals surface area contributed by atoms with Gasteiger partial charge in [0.1, 0.15) is 0 Å². The lowest BCUT2D eigenvalue weighted by molar-refractivity contribution is 0.342. The minimum atomic E-state index is -0.423. The molecular formula is C21H26N2. The predicted molar refractivity (Wildman–Crippen MR) is 96.4 cm³/mol. The Bertz CT molecular complexity index is 638. The number of nitriles is 1. The molecule has 0 aliphatic carbocycles. The second kappa shape index (κ2) is 7.94. The van der Waals surface area contributed by atoms with E-state index in [9.17, 15) is 5.26 Å². The van der Waals surface area contributed by atoms with Crippen LogP contribution in [0.15, 0.2) is 54.6 Å². The number of hydrogen-bond donors (Lipinski definition) is 0. The predicted octanol–water partition coefficient (Wildman–Crippen LogP) is 4.34. The smallest absolute Gasteiger partial charge is 0.0837 e. The number of benzene rings is 2. The van der Waals surface area contributed by atoms with Gasteiger partial charge < -0.3 is 4.90 Å². The summed E-state index contributed by atoms with van der Waals surface area (Å²) in [6.07, 6.45) is 2.63. The molecule has 0 radical (unpaired) electrons. The summed E-state index contributed by atoms with van der Waals surface area (Å²) in [5, 5.41) is 10.0. The van der Waals surface area contributed by atoms with Crippen molar-refractivity contribution in [3.8, 4) is 6.07 Å². The zero-order valence-corrected chi connectivity index (χ0v) is 14.4. The molecule has 120 valence electrons. The van der Waals surface area contributed by atoms with Crippen LogP contribution in [0, 0.1) is 18.3 Å². The Balaban J connectivity index is 2.25. The Morgan fingerprint density at radius 2 is 1.61 bits per heavy atom. The monoisotopic (exact) mass is 306 g/mol. The molecule has 2 aromatic rings. The number of rotatable bonds is 7. The largest absolute Gasteiger partial charge is 0.309 e. The molecule has 0 aliphatic heterocycles. The molecule has 2 aromatic carbocycles. The summed E-state index contributed by atoms with van der Waals surface area (Å²) in [6.45, 7) is 3.00. The van der Waals surface area contributed by atoms with Crippen molar-refractivity contribution in [2.75, 3.05) is 20.6 Å². The highest BCUT2D eigenvalue weighted by molar-refractivity contribution is 5.35. The quantitative estimate of drug-likeness (QED) is 0.761. The van der Waals surface area contributed by atoms with Crippen LogP contribution in [0.25, 0.3) is 0 Å². The van der Waals surface area contributed by atoms with E-state index in [-0.39, 0.29) is 0 Å². The molecule has 2 nitrogen and oxygen atoms in total. The van der Waals surface area contributed by atoms with Crippen molar-refractivity contribution >= 4 is 0 Å². The fourth-order valence-corrected chi connectivity index (χ4v) is 2.88. The molecule has 0 fully saturated rings. The summed E-state index contributed by atoms with van der Waals surface area (Å²) in [5.74, 6) is 0. The average molecular weight is 306 g/mol. The Hall–Kier alpha value is -2.11. The van der Waals surface area contributed by atoms with Gasteiger partial charge in [-0.3, -0.25) is 0 Å². The van der Waals surface area contributed by atoms with Crippen molar-refractivity contribution in [1.82, 2.24) is 4.90 Å². The average Bonchev–Trinajstić information content (AvgIpc) is 2.57. The highest BCUT2D eigenvalue weighted by Gasteiger charge is 2.31. The Kier molecular flexibility index (Phi) is 5.96. The highest BCUT2D eigenvalue weighted by atomic mass is 15.0. The standard InChI is InChI=1S/C21H26N2/c1-18-9-11-20(12-10-18)21(17-22,15-16-23(2)3)14-13-19-7-5-4-6-8-19/h4-12H,13-16H2,1-3H3. The van der Waals surface area contributed by atoms with Crippen molar-refractivity contribution in [3.63, 3.8) is 0 Å². The summed E-state index contributed by atoms with van der Waals surface area (Å²) in [5.41, 5.74) is 3.25. The Morgan fingerprint density at radius 1 is 0.957 bits per heavy atom. The molecule has 2 heteroatoms. The minimum Gasteiger partial charge on any atom is -0.309 e. The fourth-order valence-electron chi connectivity index (χ4n) is 2.88. The van der Waals surface area contributed by atoms with E-state index in [1.54, 1.807) is 0 Å². The molecule has 0 saturated heterocycles. The van der Waals surface area contributed by atoms with Crippen LogP contribution in [-0.4, -0.2) is 25.5 Å². The summed E-state index contributed by atoms with van der Waals surface area (Å²) in [6, 6.07) is 21.6.